The summed E-state index contributed by atoms with van der Waals surface area (Å²) in [4.78, 5) is 43.0. The van der Waals surface area contributed by atoms with Crippen molar-refractivity contribution >= 4 is 40.1 Å². The number of carboxylic acid groups (broad SMARTS) is 1. The summed E-state index contributed by atoms with van der Waals surface area (Å²) in [7, 11) is 1.55. The van der Waals surface area contributed by atoms with Gasteiger partial charge in [0.1, 0.15) is 11.5 Å². The molecule has 4 atom stereocenters. The van der Waals surface area contributed by atoms with Crippen molar-refractivity contribution in [3.63, 3.8) is 0 Å². The summed E-state index contributed by atoms with van der Waals surface area (Å²) in [6.45, 7) is 4.31. The topological polar surface area (TPSA) is 176 Å². The predicted octanol–water partition coefficient (Wildman–Crippen LogP) is 5.73. The molecule has 4 heterocycles. The number of aryl methyl sites for hydroxylation is 1. The second kappa shape index (κ2) is 17.9. The Morgan fingerprint density at radius 2 is 1.89 bits per heavy atom. The van der Waals surface area contributed by atoms with Gasteiger partial charge < -0.3 is 45.9 Å². The molecular weight excluding hydrogens is 746 g/mol. The number of ether oxygens (including phenoxy) is 1. The van der Waals surface area contributed by atoms with Crippen LogP contribution in [-0.2, 0) is 28.0 Å². The van der Waals surface area contributed by atoms with Crippen LogP contribution >= 0.6 is 11.6 Å². The molecule has 1 aromatic heterocycles. The Hall–Kier alpha value is -4.62. The Morgan fingerprint density at radius 3 is 2.65 bits per heavy atom. The number of aromatic nitrogens is 1. The second-order valence-corrected chi connectivity index (χ2v) is 16.4. The predicted molar refractivity (Wildman–Crippen MR) is 221 cm³/mol. The number of anilines is 1. The number of carbonyl (C=O) groups excluding carboxylic acids is 1. The van der Waals surface area contributed by atoms with E-state index in [1.807, 2.05) is 12.1 Å². The molecule has 8 rings (SSSR count). The van der Waals surface area contributed by atoms with Gasteiger partial charge in [-0.15, -0.1) is 0 Å². The molecule has 7 N–H and O–H groups in total. The van der Waals surface area contributed by atoms with E-state index in [1.165, 1.54) is 25.0 Å². The molecular formula is C44H54ClN5O7. The largest absolute Gasteiger partial charge is 0.506 e. The molecule has 0 radical (unpaired) electrons. The number of methoxy groups -OCH3 is 1. The number of aliphatic hydroxyl groups excluding tert-OH is 1. The zero-order valence-electron chi connectivity index (χ0n) is 32.5. The quantitative estimate of drug-likeness (QED) is 0.0693. The fourth-order valence-corrected chi connectivity index (χ4v) is 10.1. The third-order valence-electron chi connectivity index (χ3n) is 12.7. The summed E-state index contributed by atoms with van der Waals surface area (Å²) < 4.78 is 5.61. The number of carboxylic acids is 1. The van der Waals surface area contributed by atoms with Gasteiger partial charge in [0.2, 0.25) is 11.5 Å². The van der Waals surface area contributed by atoms with Crippen molar-refractivity contribution in [1.82, 2.24) is 20.5 Å². The Bertz CT molecular complexity index is 2140. The minimum absolute atomic E-state index is 0.0100. The summed E-state index contributed by atoms with van der Waals surface area (Å²) in [5, 5.41) is 42.2. The first-order valence-electron chi connectivity index (χ1n) is 20.2. The lowest BCUT2D eigenvalue weighted by atomic mass is 9.55. The van der Waals surface area contributed by atoms with Gasteiger partial charge in [-0.25, -0.2) is 0 Å². The number of piperidine rings is 3. The molecule has 57 heavy (non-hydrogen) atoms. The minimum atomic E-state index is -0.928. The molecule has 4 aliphatic rings. The third-order valence-corrected chi connectivity index (χ3v) is 13.0. The number of fused-ring (bicyclic) bond motifs is 4. The van der Waals surface area contributed by atoms with Crippen molar-refractivity contribution < 1.29 is 29.6 Å². The summed E-state index contributed by atoms with van der Waals surface area (Å²) in [6, 6.07) is 17.7. The lowest BCUT2D eigenvalue weighted by Gasteiger charge is -2.53. The highest BCUT2D eigenvalue weighted by Gasteiger charge is 2.54. The number of phenols is 1. The van der Waals surface area contributed by atoms with E-state index >= 15 is 0 Å². The number of rotatable bonds is 16. The molecule has 1 saturated carbocycles. The molecule has 12 nitrogen and oxygen atoms in total. The van der Waals surface area contributed by atoms with E-state index < -0.39 is 17.5 Å². The number of nitrogens with one attached hydrogen (secondary N) is 4. The first-order valence-corrected chi connectivity index (χ1v) is 20.6. The number of carbonyl (C=O) groups is 2. The van der Waals surface area contributed by atoms with Crippen molar-refractivity contribution in [3.05, 3.63) is 98.3 Å². The van der Waals surface area contributed by atoms with Crippen LogP contribution in [0.3, 0.4) is 0 Å². The van der Waals surface area contributed by atoms with Crippen LogP contribution in [0.4, 0.5) is 5.69 Å². The zero-order valence-corrected chi connectivity index (χ0v) is 33.2. The van der Waals surface area contributed by atoms with Crippen LogP contribution in [0.25, 0.3) is 10.9 Å². The van der Waals surface area contributed by atoms with Gasteiger partial charge in [0.05, 0.1) is 41.4 Å². The molecule has 13 heteroatoms. The monoisotopic (exact) mass is 799 g/mol. The average Bonchev–Trinajstić information content (AvgIpc) is 3.22. The molecule has 1 amide bonds. The van der Waals surface area contributed by atoms with E-state index in [1.54, 1.807) is 31.4 Å². The zero-order chi connectivity index (χ0) is 40.1. The van der Waals surface area contributed by atoms with Crippen molar-refractivity contribution in [1.29, 1.82) is 0 Å². The van der Waals surface area contributed by atoms with Crippen LogP contribution in [0.1, 0.15) is 73.3 Å². The van der Waals surface area contributed by atoms with E-state index in [2.05, 4.69) is 38.0 Å². The van der Waals surface area contributed by atoms with Gasteiger partial charge in [-0.2, -0.15) is 0 Å². The van der Waals surface area contributed by atoms with Crippen LogP contribution in [0.5, 0.6) is 11.5 Å². The van der Waals surface area contributed by atoms with Crippen LogP contribution in [0, 0.1) is 17.8 Å². The molecule has 3 unspecified atom stereocenters. The average molecular weight is 800 g/mol. The van der Waals surface area contributed by atoms with E-state index in [-0.39, 0.29) is 41.7 Å². The highest BCUT2D eigenvalue weighted by molar-refractivity contribution is 6.33. The molecule has 2 bridgehead atoms. The number of H-pyrrole nitrogens is 1. The number of aromatic hydroxyl groups is 1. The number of pyridine rings is 1. The summed E-state index contributed by atoms with van der Waals surface area (Å²) >= 11 is 6.62. The van der Waals surface area contributed by atoms with Gasteiger partial charge in [0, 0.05) is 49.3 Å². The first kappa shape index (κ1) is 40.6. The molecule has 3 saturated heterocycles. The Balaban J connectivity index is 0.895. The number of halogens is 1. The maximum Gasteiger partial charge on any atom is 0.314 e. The Morgan fingerprint density at radius 1 is 1.07 bits per heavy atom. The summed E-state index contributed by atoms with van der Waals surface area (Å²) in [5.41, 5.74) is 2.94. The van der Waals surface area contributed by atoms with Crippen molar-refractivity contribution in [2.45, 2.75) is 69.4 Å². The standard InChI is InChI=1S/C44H54ClN5O7/c1-57-39-22-36(35(45)21-29(39)23-46-24-38(52)31-10-12-37(51)42-32(31)11-13-40(53)49-42)48-25-41(54)47-17-5-7-27-6-4-8-30(20-27)44(43(55)56)16-3-2-9-34(44)33-26-50-18-14-28(33)15-19-50/h4,6,8,10-13,20-22,28,33-34,38,46,48,51-52H,2-3,5,7,9,14-19,23-26H2,1H3,(H,47,54)(H,49,53)(H,55,56)/t33?,34?,38-,44?/m0/s1. The van der Waals surface area contributed by atoms with Gasteiger partial charge in [-0.3, -0.25) is 14.4 Å². The molecule has 3 aliphatic heterocycles. The number of phenolic OH excluding ortho intramolecular Hbond substituents is 1. The van der Waals surface area contributed by atoms with Crippen LogP contribution in [-0.4, -0.2) is 83.5 Å². The van der Waals surface area contributed by atoms with Crippen molar-refractivity contribution in [3.8, 4) is 11.5 Å². The number of aliphatic carboxylic acids is 1. The number of aromatic amines is 1. The fourth-order valence-electron chi connectivity index (χ4n) is 9.82. The van der Waals surface area contributed by atoms with Crippen LogP contribution in [0.2, 0.25) is 5.02 Å². The summed E-state index contributed by atoms with van der Waals surface area (Å²) in [6.07, 6.45) is 6.58. The van der Waals surface area contributed by atoms with Gasteiger partial charge in [0.15, 0.2) is 0 Å². The molecule has 4 fully saturated rings. The van der Waals surface area contributed by atoms with E-state index in [4.69, 9.17) is 16.3 Å². The normalized spacial score (nSPS) is 23.6. The number of hydrogen-bond donors (Lipinski definition) is 7. The molecule has 3 aromatic carbocycles. The Kier molecular flexibility index (Phi) is 12.7. The lowest BCUT2D eigenvalue weighted by molar-refractivity contribution is -0.151. The SMILES string of the molecule is COc1cc(NCC(=O)NCCCc2cccc(C3(C(=O)O)CCCCC3C3CN4CCC3CC4)c2)c(Cl)cc1CNC[C@H](O)c1ccc(O)c2[nH]c(=O)ccc12. The van der Waals surface area contributed by atoms with E-state index in [0.717, 1.165) is 62.0 Å². The lowest BCUT2D eigenvalue weighted by Crippen LogP contribution is -2.56. The van der Waals surface area contributed by atoms with Gasteiger partial charge in [-0.05, 0) is 104 Å². The number of hydrogen-bond acceptors (Lipinski definition) is 9. The molecule has 1 aliphatic carbocycles. The third kappa shape index (κ3) is 8.79. The van der Waals surface area contributed by atoms with E-state index in [0.29, 0.717) is 65.2 Å². The molecule has 304 valence electrons. The highest BCUT2D eigenvalue weighted by atomic mass is 35.5. The van der Waals surface area contributed by atoms with Gasteiger partial charge >= 0.3 is 5.97 Å². The summed E-state index contributed by atoms with van der Waals surface area (Å²) in [5.74, 6) is 0.817. The number of nitrogens with zero attached hydrogens (tertiary/aromatic N) is 1. The van der Waals surface area contributed by atoms with E-state index in [9.17, 15) is 29.7 Å². The van der Waals surface area contributed by atoms with Crippen LogP contribution < -0.4 is 26.2 Å². The number of aliphatic hydroxyl groups is 1. The smallest absolute Gasteiger partial charge is 0.314 e. The molecule has 0 spiro atoms. The number of benzene rings is 3. The minimum Gasteiger partial charge on any atom is -0.506 e. The number of amides is 1. The maximum absolute atomic E-state index is 13.3. The second-order valence-electron chi connectivity index (χ2n) is 16.0. The first-order chi connectivity index (χ1) is 27.6. The van der Waals surface area contributed by atoms with Crippen LogP contribution in [0.15, 0.2) is 65.5 Å². The maximum atomic E-state index is 13.3. The Labute approximate surface area is 338 Å². The van der Waals surface area contributed by atoms with Gasteiger partial charge in [0.25, 0.3) is 0 Å². The highest BCUT2D eigenvalue weighted by Crippen LogP contribution is 2.52. The van der Waals surface area contributed by atoms with Gasteiger partial charge in [-0.1, -0.05) is 54.8 Å². The fraction of sp³-hybridized carbons (Fsp3) is 0.477. The van der Waals surface area contributed by atoms with Crippen molar-refractivity contribution in [2.24, 2.45) is 17.8 Å². The molecule has 4 aromatic rings. The van der Waals surface area contributed by atoms with Crippen molar-refractivity contribution in [2.75, 3.05) is 51.7 Å².